The fourth-order valence-corrected chi connectivity index (χ4v) is 2.99. The summed E-state index contributed by atoms with van der Waals surface area (Å²) in [4.78, 5) is 13.7. The molecule has 0 aliphatic heterocycles. The van der Waals surface area contributed by atoms with Crippen molar-refractivity contribution in [3.63, 3.8) is 0 Å². The van der Waals surface area contributed by atoms with Crippen LogP contribution in [0.5, 0.6) is 0 Å². The van der Waals surface area contributed by atoms with Crippen molar-refractivity contribution in [1.82, 2.24) is 10.2 Å². The van der Waals surface area contributed by atoms with Gasteiger partial charge in [0.05, 0.1) is 6.10 Å². The Morgan fingerprint density at radius 1 is 1.38 bits per heavy atom. The van der Waals surface area contributed by atoms with Crippen LogP contribution in [0.3, 0.4) is 0 Å². The number of carbonyl (C=O) groups excluding carboxylic acids is 1. The SMILES string of the molecule is CN(CC1CCCCC1O)C(=O)NCc1ccccc1Cl. The number of hydrogen-bond acceptors (Lipinski definition) is 2. The van der Waals surface area contributed by atoms with E-state index in [1.54, 1.807) is 11.9 Å². The van der Waals surface area contributed by atoms with Gasteiger partial charge in [0, 0.05) is 31.1 Å². The van der Waals surface area contributed by atoms with Crippen molar-refractivity contribution in [3.05, 3.63) is 34.9 Å². The summed E-state index contributed by atoms with van der Waals surface area (Å²) in [6.07, 6.45) is 3.78. The van der Waals surface area contributed by atoms with E-state index in [4.69, 9.17) is 11.6 Å². The molecule has 1 aromatic rings. The first kappa shape index (κ1) is 16.1. The molecule has 0 radical (unpaired) electrons. The Morgan fingerprint density at radius 3 is 2.81 bits per heavy atom. The highest BCUT2D eigenvalue weighted by Crippen LogP contribution is 2.24. The molecule has 0 bridgehead atoms. The van der Waals surface area contributed by atoms with Gasteiger partial charge in [-0.15, -0.1) is 0 Å². The second-order valence-corrected chi connectivity index (χ2v) is 6.15. The van der Waals surface area contributed by atoms with E-state index in [9.17, 15) is 9.90 Å². The fraction of sp³-hybridized carbons (Fsp3) is 0.562. The Morgan fingerprint density at radius 2 is 2.10 bits per heavy atom. The Hall–Kier alpha value is -1.26. The number of amides is 2. The molecule has 0 spiro atoms. The molecule has 2 atom stereocenters. The van der Waals surface area contributed by atoms with Crippen LogP contribution in [-0.2, 0) is 6.54 Å². The predicted molar refractivity (Wildman–Crippen MR) is 84.3 cm³/mol. The molecule has 1 aromatic carbocycles. The summed E-state index contributed by atoms with van der Waals surface area (Å²) in [6.45, 7) is 1.01. The first-order valence-electron chi connectivity index (χ1n) is 7.48. The molecular formula is C16H23ClN2O2. The molecule has 4 nitrogen and oxygen atoms in total. The number of nitrogens with one attached hydrogen (secondary N) is 1. The van der Waals surface area contributed by atoms with Crippen molar-refractivity contribution in [3.8, 4) is 0 Å². The highest BCUT2D eigenvalue weighted by atomic mass is 35.5. The number of hydrogen-bond donors (Lipinski definition) is 2. The van der Waals surface area contributed by atoms with E-state index in [1.807, 2.05) is 24.3 Å². The largest absolute Gasteiger partial charge is 0.393 e. The van der Waals surface area contributed by atoms with Crippen LogP contribution in [0.15, 0.2) is 24.3 Å². The molecule has 1 saturated carbocycles. The molecule has 2 rings (SSSR count). The predicted octanol–water partition coefficient (Wildman–Crippen LogP) is 3.03. The second-order valence-electron chi connectivity index (χ2n) is 5.74. The van der Waals surface area contributed by atoms with E-state index in [0.29, 0.717) is 18.1 Å². The summed E-state index contributed by atoms with van der Waals surface area (Å²) in [5.41, 5.74) is 0.901. The molecule has 0 aromatic heterocycles. The number of rotatable bonds is 4. The monoisotopic (exact) mass is 310 g/mol. The van der Waals surface area contributed by atoms with E-state index < -0.39 is 0 Å². The Labute approximate surface area is 131 Å². The van der Waals surface area contributed by atoms with E-state index in [-0.39, 0.29) is 18.1 Å². The molecule has 1 aliphatic rings. The third kappa shape index (κ3) is 4.61. The Kier molecular flexibility index (Phi) is 5.88. The first-order valence-corrected chi connectivity index (χ1v) is 7.86. The van der Waals surface area contributed by atoms with Gasteiger partial charge in [-0.3, -0.25) is 0 Å². The van der Waals surface area contributed by atoms with Gasteiger partial charge in [0.2, 0.25) is 0 Å². The zero-order valence-electron chi connectivity index (χ0n) is 12.4. The number of carbonyl (C=O) groups is 1. The van der Waals surface area contributed by atoms with Crippen LogP contribution in [0, 0.1) is 5.92 Å². The number of benzene rings is 1. The molecule has 2 N–H and O–H groups in total. The van der Waals surface area contributed by atoms with Gasteiger partial charge in [-0.2, -0.15) is 0 Å². The first-order chi connectivity index (χ1) is 10.1. The lowest BCUT2D eigenvalue weighted by atomic mass is 9.86. The highest BCUT2D eigenvalue weighted by Gasteiger charge is 2.25. The molecule has 0 heterocycles. The lowest BCUT2D eigenvalue weighted by Gasteiger charge is -2.31. The minimum atomic E-state index is -0.280. The number of aliphatic hydroxyl groups is 1. The second kappa shape index (κ2) is 7.66. The van der Waals surface area contributed by atoms with Gasteiger partial charge in [-0.05, 0) is 24.5 Å². The van der Waals surface area contributed by atoms with Gasteiger partial charge in [0.25, 0.3) is 0 Å². The smallest absolute Gasteiger partial charge is 0.317 e. The van der Waals surface area contributed by atoms with E-state index in [0.717, 1.165) is 31.2 Å². The lowest BCUT2D eigenvalue weighted by molar-refractivity contribution is 0.0565. The number of aliphatic hydroxyl groups excluding tert-OH is 1. The normalized spacial score (nSPS) is 21.9. The van der Waals surface area contributed by atoms with Gasteiger partial charge in [0.15, 0.2) is 0 Å². The van der Waals surface area contributed by atoms with Gasteiger partial charge in [-0.25, -0.2) is 4.79 Å². The van der Waals surface area contributed by atoms with Crippen LogP contribution in [-0.4, -0.2) is 35.7 Å². The zero-order chi connectivity index (χ0) is 15.2. The summed E-state index contributed by atoms with van der Waals surface area (Å²) in [5.74, 6) is 0.190. The summed E-state index contributed by atoms with van der Waals surface area (Å²) in [7, 11) is 1.77. The molecule has 116 valence electrons. The summed E-state index contributed by atoms with van der Waals surface area (Å²) in [6, 6.07) is 7.34. The van der Waals surface area contributed by atoms with Gasteiger partial charge < -0.3 is 15.3 Å². The summed E-state index contributed by atoms with van der Waals surface area (Å²) in [5, 5.41) is 13.5. The lowest BCUT2D eigenvalue weighted by Crippen LogP contribution is -2.42. The van der Waals surface area contributed by atoms with Crippen molar-refractivity contribution >= 4 is 17.6 Å². The van der Waals surface area contributed by atoms with Crippen molar-refractivity contribution < 1.29 is 9.90 Å². The van der Waals surface area contributed by atoms with Gasteiger partial charge in [-0.1, -0.05) is 42.6 Å². The maximum Gasteiger partial charge on any atom is 0.317 e. The van der Waals surface area contributed by atoms with Crippen LogP contribution < -0.4 is 5.32 Å². The van der Waals surface area contributed by atoms with Crippen LogP contribution in [0.4, 0.5) is 4.79 Å². The maximum atomic E-state index is 12.1. The quantitative estimate of drug-likeness (QED) is 0.898. The molecule has 1 fully saturated rings. The number of halogens is 1. The standard InChI is InChI=1S/C16H23ClN2O2/c1-19(11-13-7-3-5-9-15(13)20)16(21)18-10-12-6-2-4-8-14(12)17/h2,4,6,8,13,15,20H,3,5,7,9-11H2,1H3,(H,18,21). The number of urea groups is 1. The fourth-order valence-electron chi connectivity index (χ4n) is 2.78. The molecule has 1 aliphatic carbocycles. The van der Waals surface area contributed by atoms with Crippen molar-refractivity contribution in [2.24, 2.45) is 5.92 Å². The van der Waals surface area contributed by atoms with Crippen molar-refractivity contribution in [1.29, 1.82) is 0 Å². The third-order valence-electron chi connectivity index (χ3n) is 4.11. The van der Waals surface area contributed by atoms with Gasteiger partial charge in [0.1, 0.15) is 0 Å². The third-order valence-corrected chi connectivity index (χ3v) is 4.48. The van der Waals surface area contributed by atoms with E-state index >= 15 is 0 Å². The molecule has 2 unspecified atom stereocenters. The highest BCUT2D eigenvalue weighted by molar-refractivity contribution is 6.31. The summed E-state index contributed by atoms with van der Waals surface area (Å²) < 4.78 is 0. The average Bonchev–Trinajstić information content (AvgIpc) is 2.48. The number of nitrogens with zero attached hydrogens (tertiary/aromatic N) is 1. The summed E-state index contributed by atoms with van der Waals surface area (Å²) >= 11 is 6.06. The van der Waals surface area contributed by atoms with Crippen molar-refractivity contribution in [2.45, 2.75) is 38.3 Å². The average molecular weight is 311 g/mol. The Balaban J connectivity index is 1.81. The topological polar surface area (TPSA) is 52.6 Å². The minimum absolute atomic E-state index is 0.132. The van der Waals surface area contributed by atoms with Crippen LogP contribution in [0.1, 0.15) is 31.2 Å². The molecular weight excluding hydrogens is 288 g/mol. The van der Waals surface area contributed by atoms with Gasteiger partial charge >= 0.3 is 6.03 Å². The van der Waals surface area contributed by atoms with Crippen LogP contribution in [0.2, 0.25) is 5.02 Å². The molecule has 21 heavy (non-hydrogen) atoms. The van der Waals surface area contributed by atoms with Crippen molar-refractivity contribution in [2.75, 3.05) is 13.6 Å². The van der Waals surface area contributed by atoms with E-state index in [1.165, 1.54) is 0 Å². The molecule has 2 amide bonds. The van der Waals surface area contributed by atoms with Crippen LogP contribution in [0.25, 0.3) is 0 Å². The van der Waals surface area contributed by atoms with Crippen LogP contribution >= 0.6 is 11.6 Å². The molecule has 5 heteroatoms. The molecule has 0 saturated heterocycles. The zero-order valence-corrected chi connectivity index (χ0v) is 13.1. The Bertz CT molecular complexity index is 481. The minimum Gasteiger partial charge on any atom is -0.393 e. The van der Waals surface area contributed by atoms with E-state index in [2.05, 4.69) is 5.32 Å². The maximum absolute atomic E-state index is 12.1.